The molecule has 0 aliphatic carbocycles. The molecule has 25 heavy (non-hydrogen) atoms. The molecular formula is C20H34N4S. The molecule has 140 valence electrons. The molecule has 1 aromatic carbocycles. The fraction of sp³-hybridized carbons (Fsp3) is 0.650. The molecule has 0 atom stereocenters. The van der Waals surface area contributed by atoms with Crippen LogP contribution in [0.4, 0.5) is 0 Å². The molecule has 1 heterocycles. The van der Waals surface area contributed by atoms with Crippen LogP contribution >= 0.6 is 12.2 Å². The van der Waals surface area contributed by atoms with Crippen molar-refractivity contribution < 1.29 is 0 Å². The molecule has 0 radical (unpaired) electrons. The number of rotatable bonds is 8. The third kappa shape index (κ3) is 6.92. The zero-order valence-electron chi connectivity index (χ0n) is 16.1. The Bertz CT molecular complexity index is 522. The molecule has 1 saturated heterocycles. The minimum Gasteiger partial charge on any atom is -0.363 e. The van der Waals surface area contributed by atoms with E-state index in [9.17, 15) is 0 Å². The molecule has 5 heteroatoms. The number of thiocarbonyl (C=S) groups is 1. The Morgan fingerprint density at radius 3 is 2.52 bits per heavy atom. The zero-order valence-corrected chi connectivity index (χ0v) is 16.9. The van der Waals surface area contributed by atoms with Crippen LogP contribution < -0.4 is 5.32 Å². The van der Waals surface area contributed by atoms with E-state index < -0.39 is 0 Å². The first-order valence-electron chi connectivity index (χ1n) is 9.65. The highest BCUT2D eigenvalue weighted by atomic mass is 32.1. The van der Waals surface area contributed by atoms with Gasteiger partial charge in [0.2, 0.25) is 0 Å². The first kappa shape index (κ1) is 20.1. The maximum atomic E-state index is 5.58. The molecule has 0 unspecified atom stereocenters. The van der Waals surface area contributed by atoms with Gasteiger partial charge in [0.1, 0.15) is 0 Å². The van der Waals surface area contributed by atoms with Crippen molar-refractivity contribution in [2.45, 2.75) is 33.7 Å². The molecule has 0 amide bonds. The number of piperazine rings is 1. The van der Waals surface area contributed by atoms with E-state index in [4.69, 9.17) is 12.2 Å². The van der Waals surface area contributed by atoms with Gasteiger partial charge in [0.15, 0.2) is 5.11 Å². The number of nitrogens with one attached hydrogen (secondary N) is 1. The Balaban J connectivity index is 1.64. The van der Waals surface area contributed by atoms with Gasteiger partial charge in [0.25, 0.3) is 0 Å². The van der Waals surface area contributed by atoms with Crippen molar-refractivity contribution >= 4 is 17.3 Å². The summed E-state index contributed by atoms with van der Waals surface area (Å²) in [6.45, 7) is 16.2. The summed E-state index contributed by atoms with van der Waals surface area (Å²) < 4.78 is 0. The van der Waals surface area contributed by atoms with Crippen LogP contribution in [0.2, 0.25) is 0 Å². The minimum absolute atomic E-state index is 0.926. The molecular weight excluding hydrogens is 328 g/mol. The van der Waals surface area contributed by atoms with Gasteiger partial charge in [-0.05, 0) is 50.8 Å². The molecule has 0 aromatic heterocycles. The lowest BCUT2D eigenvalue weighted by Gasteiger charge is -2.36. The normalized spacial score (nSPS) is 15.6. The van der Waals surface area contributed by atoms with Gasteiger partial charge in [0.05, 0.1) is 0 Å². The number of hydrogen-bond donors (Lipinski definition) is 1. The van der Waals surface area contributed by atoms with Crippen molar-refractivity contribution in [3.05, 3.63) is 35.4 Å². The smallest absolute Gasteiger partial charge is 0.169 e. The molecule has 0 saturated carbocycles. The van der Waals surface area contributed by atoms with E-state index in [1.54, 1.807) is 0 Å². The summed E-state index contributed by atoms with van der Waals surface area (Å²) in [5, 5.41) is 4.37. The highest BCUT2D eigenvalue weighted by Crippen LogP contribution is 2.10. The summed E-state index contributed by atoms with van der Waals surface area (Å²) >= 11 is 5.58. The van der Waals surface area contributed by atoms with Gasteiger partial charge in [-0.25, -0.2) is 0 Å². The average molecular weight is 363 g/mol. The summed E-state index contributed by atoms with van der Waals surface area (Å²) in [6, 6.07) is 8.82. The maximum absolute atomic E-state index is 5.58. The molecule has 0 spiro atoms. The van der Waals surface area contributed by atoms with Gasteiger partial charge >= 0.3 is 0 Å². The lowest BCUT2D eigenvalue weighted by Crippen LogP contribution is -2.51. The molecule has 0 bridgehead atoms. The third-order valence-electron chi connectivity index (χ3n) is 4.97. The second-order valence-electron chi connectivity index (χ2n) is 6.86. The van der Waals surface area contributed by atoms with Crippen LogP contribution in [0.1, 0.15) is 31.4 Å². The van der Waals surface area contributed by atoms with Crippen molar-refractivity contribution in [3.63, 3.8) is 0 Å². The Hall–Kier alpha value is -1.17. The lowest BCUT2D eigenvalue weighted by atomic mass is 10.1. The fourth-order valence-corrected chi connectivity index (χ4v) is 3.61. The van der Waals surface area contributed by atoms with Crippen molar-refractivity contribution in [2.24, 2.45) is 0 Å². The van der Waals surface area contributed by atoms with Crippen LogP contribution in [0, 0.1) is 6.92 Å². The Morgan fingerprint density at radius 2 is 1.88 bits per heavy atom. The molecule has 4 nitrogen and oxygen atoms in total. The summed E-state index contributed by atoms with van der Waals surface area (Å²) in [5.74, 6) is 0. The largest absolute Gasteiger partial charge is 0.363 e. The molecule has 1 aliphatic rings. The lowest BCUT2D eigenvalue weighted by molar-refractivity contribution is 0.174. The zero-order chi connectivity index (χ0) is 18.1. The standard InChI is InChI=1S/C20H34N4S/c1-4-22(5-2)11-7-10-21-20(25)24-14-12-23(13-15-24)17-19-9-6-8-18(3)16-19/h6,8-9,16H,4-5,7,10-15,17H2,1-3H3,(H,21,25). The fourth-order valence-electron chi connectivity index (χ4n) is 3.33. The van der Waals surface area contributed by atoms with Gasteiger partial charge in [-0.15, -0.1) is 0 Å². The first-order chi connectivity index (χ1) is 12.1. The summed E-state index contributed by atoms with van der Waals surface area (Å²) in [7, 11) is 0. The number of nitrogens with zero attached hydrogens (tertiary/aromatic N) is 3. The third-order valence-corrected chi connectivity index (χ3v) is 5.37. The van der Waals surface area contributed by atoms with Gasteiger partial charge in [0, 0.05) is 39.3 Å². The Kier molecular flexibility index (Phi) is 8.65. The number of benzene rings is 1. The number of hydrogen-bond acceptors (Lipinski definition) is 3. The van der Waals surface area contributed by atoms with Gasteiger partial charge < -0.3 is 15.1 Å². The van der Waals surface area contributed by atoms with Crippen LogP contribution in [0.5, 0.6) is 0 Å². The highest BCUT2D eigenvalue weighted by Gasteiger charge is 2.18. The molecule has 2 rings (SSSR count). The SMILES string of the molecule is CCN(CC)CCCNC(=S)N1CCN(Cc2cccc(C)c2)CC1. The molecule has 1 N–H and O–H groups in total. The van der Waals surface area contributed by atoms with Gasteiger partial charge in [-0.1, -0.05) is 43.7 Å². The van der Waals surface area contributed by atoms with E-state index in [0.29, 0.717) is 0 Å². The van der Waals surface area contributed by atoms with E-state index in [1.807, 2.05) is 0 Å². The topological polar surface area (TPSA) is 21.8 Å². The van der Waals surface area contributed by atoms with Crippen molar-refractivity contribution in [2.75, 3.05) is 52.4 Å². The summed E-state index contributed by atoms with van der Waals surface area (Å²) in [4.78, 5) is 7.29. The van der Waals surface area contributed by atoms with Crippen LogP contribution in [0.15, 0.2) is 24.3 Å². The van der Waals surface area contributed by atoms with E-state index in [0.717, 1.165) is 70.4 Å². The second-order valence-corrected chi connectivity index (χ2v) is 7.25. The van der Waals surface area contributed by atoms with E-state index >= 15 is 0 Å². The van der Waals surface area contributed by atoms with Crippen molar-refractivity contribution in [3.8, 4) is 0 Å². The predicted octanol–water partition coefficient (Wildman–Crippen LogP) is 2.72. The Morgan fingerprint density at radius 1 is 1.16 bits per heavy atom. The average Bonchev–Trinajstić information content (AvgIpc) is 2.62. The Labute approximate surface area is 159 Å². The first-order valence-corrected chi connectivity index (χ1v) is 10.1. The monoisotopic (exact) mass is 362 g/mol. The summed E-state index contributed by atoms with van der Waals surface area (Å²) in [5.41, 5.74) is 2.75. The van der Waals surface area contributed by atoms with Gasteiger partial charge in [-0.2, -0.15) is 0 Å². The van der Waals surface area contributed by atoms with E-state index in [1.165, 1.54) is 11.1 Å². The molecule has 1 aromatic rings. The van der Waals surface area contributed by atoms with E-state index in [-0.39, 0.29) is 0 Å². The van der Waals surface area contributed by atoms with Gasteiger partial charge in [-0.3, -0.25) is 4.90 Å². The molecule has 1 aliphatic heterocycles. The maximum Gasteiger partial charge on any atom is 0.169 e. The van der Waals surface area contributed by atoms with E-state index in [2.05, 4.69) is 65.1 Å². The number of aryl methyl sites for hydroxylation is 1. The second kappa shape index (κ2) is 10.7. The molecule has 1 fully saturated rings. The van der Waals surface area contributed by atoms with Crippen LogP contribution in [0.25, 0.3) is 0 Å². The summed E-state index contributed by atoms with van der Waals surface area (Å²) in [6.07, 6.45) is 1.15. The van der Waals surface area contributed by atoms with Crippen molar-refractivity contribution in [1.82, 2.24) is 20.0 Å². The van der Waals surface area contributed by atoms with Crippen LogP contribution in [-0.4, -0.2) is 72.2 Å². The highest BCUT2D eigenvalue weighted by molar-refractivity contribution is 7.80. The van der Waals surface area contributed by atoms with Crippen LogP contribution in [-0.2, 0) is 6.54 Å². The van der Waals surface area contributed by atoms with Crippen molar-refractivity contribution in [1.29, 1.82) is 0 Å². The minimum atomic E-state index is 0.926. The predicted molar refractivity (Wildman–Crippen MR) is 111 cm³/mol. The van der Waals surface area contributed by atoms with Crippen LogP contribution in [0.3, 0.4) is 0 Å². The quantitative estimate of drug-likeness (QED) is 0.565.